The zero-order valence-electron chi connectivity index (χ0n) is 20.7. The van der Waals surface area contributed by atoms with Crippen molar-refractivity contribution in [2.75, 3.05) is 0 Å². The molecule has 6 nitrogen and oxygen atoms in total. The van der Waals surface area contributed by atoms with Crippen LogP contribution in [0.2, 0.25) is 0 Å². The molecule has 4 aromatic rings. The smallest absolute Gasteiger partial charge is 0.189 e. The molecule has 0 radical (unpaired) electrons. The fraction of sp³-hybridized carbons (Fsp3) is 0.0769. The molecule has 4 rings (SSSR count). The van der Waals surface area contributed by atoms with Gasteiger partial charge in [-0.2, -0.15) is 50.4 Å². The molecule has 0 spiro atoms. The summed E-state index contributed by atoms with van der Waals surface area (Å²) in [6, 6.07) is 31.3. The van der Waals surface area contributed by atoms with E-state index in [2.05, 4.69) is 7.26 Å². The Balaban J connectivity index is 0.000000230. The highest BCUT2D eigenvalue weighted by atomic mass is 32.3. The van der Waals surface area contributed by atoms with Gasteiger partial charge in [-0.05, 0) is 46.5 Å². The van der Waals surface area contributed by atoms with Gasteiger partial charge in [-0.25, -0.2) is 0 Å². The Morgan fingerprint density at radius 1 is 0.429 bits per heavy atom. The van der Waals surface area contributed by atoms with Crippen LogP contribution in [-0.2, 0) is 27.5 Å². The summed E-state index contributed by atoms with van der Waals surface area (Å²) in [7, 11) is -11.2. The normalized spacial score (nSPS) is 12.3. The van der Waals surface area contributed by atoms with Crippen molar-refractivity contribution < 1.29 is 50.4 Å². The van der Waals surface area contributed by atoms with Gasteiger partial charge < -0.3 is 0 Å². The summed E-state index contributed by atoms with van der Waals surface area (Å²) in [4.78, 5) is 0.505. The molecule has 4 aromatic carbocycles. The Kier molecular flexibility index (Phi) is 11.1. The number of hydrogen-bond acceptors (Lipinski definition) is 8. The maximum absolute atomic E-state index is 12.1. The second-order valence-electron chi connectivity index (χ2n) is 7.88. The van der Waals surface area contributed by atoms with Crippen LogP contribution in [0.5, 0.6) is 0 Å². The first-order chi connectivity index (χ1) is 19.6. The van der Waals surface area contributed by atoms with Crippen molar-refractivity contribution in [2.45, 2.75) is 20.8 Å². The van der Waals surface area contributed by atoms with E-state index >= 15 is 0 Å². The summed E-state index contributed by atoms with van der Waals surface area (Å²) in [6.45, 7) is 0. The third-order valence-corrected chi connectivity index (χ3v) is 8.97. The first-order valence-corrected chi connectivity index (χ1v) is 15.5. The molecule has 0 aliphatic rings. The number of alkyl halides is 6. The lowest BCUT2D eigenvalue weighted by Crippen LogP contribution is -2.23. The Hall–Kier alpha value is -3.02. The van der Waals surface area contributed by atoms with Crippen LogP contribution in [0.1, 0.15) is 0 Å². The van der Waals surface area contributed by atoms with E-state index in [0.29, 0.717) is 0 Å². The number of rotatable bonds is 8. The predicted molar refractivity (Wildman–Crippen MR) is 148 cm³/mol. The third-order valence-electron chi connectivity index (χ3n) is 4.93. The highest BCUT2D eigenvalue weighted by molar-refractivity contribution is 8.05. The largest absolute Gasteiger partial charge is 0.524 e. The second kappa shape index (κ2) is 14.0. The molecule has 0 saturated carbocycles. The maximum Gasteiger partial charge on any atom is 0.524 e. The van der Waals surface area contributed by atoms with Crippen LogP contribution in [0.15, 0.2) is 119 Å². The van der Waals surface area contributed by atoms with Gasteiger partial charge in [-0.3, -0.25) is 0 Å². The van der Waals surface area contributed by atoms with Gasteiger partial charge in [-0.15, -0.1) is 0 Å². The van der Waals surface area contributed by atoms with Gasteiger partial charge in [0.15, 0.2) is 0 Å². The summed E-state index contributed by atoms with van der Waals surface area (Å²) < 4.78 is 123. The highest BCUT2D eigenvalue weighted by Gasteiger charge is 2.48. The molecule has 0 aliphatic heterocycles. The van der Waals surface area contributed by atoms with Crippen LogP contribution < -0.4 is 0 Å². The van der Waals surface area contributed by atoms with Crippen LogP contribution in [-0.4, -0.2) is 27.9 Å². The molecule has 0 aromatic heterocycles. The summed E-state index contributed by atoms with van der Waals surface area (Å²) in [5, 5.41) is 0. The molecular weight excluding hydrogens is 651 g/mol. The topological polar surface area (TPSA) is 86.7 Å². The summed E-state index contributed by atoms with van der Waals surface area (Å²) in [5.41, 5.74) is -7.25. The van der Waals surface area contributed by atoms with Gasteiger partial charge in [0.1, 0.15) is 0 Å². The van der Waals surface area contributed by atoms with E-state index in [1.807, 2.05) is 60.7 Å². The molecule has 0 heterocycles. The van der Waals surface area contributed by atoms with E-state index in [0.717, 1.165) is 22.3 Å². The lowest BCUT2D eigenvalue weighted by molar-refractivity contribution is -0.0498. The Bertz CT molecular complexity index is 1520. The van der Waals surface area contributed by atoms with Crippen LogP contribution in [0.3, 0.4) is 0 Å². The Morgan fingerprint density at radius 2 is 0.690 bits per heavy atom. The molecule has 224 valence electrons. The van der Waals surface area contributed by atoms with Gasteiger partial charge in [0.2, 0.25) is 0 Å². The fourth-order valence-electron chi connectivity index (χ4n) is 2.91. The quantitative estimate of drug-likeness (QED) is 0.105. The molecule has 0 N–H and O–H groups in total. The van der Waals surface area contributed by atoms with Crippen molar-refractivity contribution in [3.05, 3.63) is 109 Å². The third kappa shape index (κ3) is 9.50. The van der Waals surface area contributed by atoms with Gasteiger partial charge in [0, 0.05) is 33.9 Å². The fourth-order valence-corrected chi connectivity index (χ4v) is 5.37. The summed E-state index contributed by atoms with van der Waals surface area (Å²) >= 11 is 0.300. The molecule has 42 heavy (non-hydrogen) atoms. The zero-order valence-corrected chi connectivity index (χ0v) is 24.0. The number of benzene rings is 4. The average molecular weight is 669 g/mol. The minimum Gasteiger partial charge on any atom is -0.189 e. The molecule has 0 aliphatic carbocycles. The minimum absolute atomic E-state index is 0.150. The van der Waals surface area contributed by atoms with Gasteiger partial charge in [-0.1, -0.05) is 84.9 Å². The SMILES string of the molecule is O=S(=O)(OSc1ccc(-c2ccccc2)cc1)C(F)(F)F.O=S(=O)(OSc1ccc(-c2ccccc2)cc1)C(F)(F)F. The van der Waals surface area contributed by atoms with E-state index in [1.165, 1.54) is 24.3 Å². The molecule has 0 unspecified atom stereocenters. The van der Waals surface area contributed by atoms with Crippen LogP contribution in [0.4, 0.5) is 26.3 Å². The molecule has 16 heteroatoms. The van der Waals surface area contributed by atoms with Gasteiger partial charge in [0.05, 0.1) is 0 Å². The standard InChI is InChI=1S/2C13H9F3O3S2/c2*14-13(15,16)21(17,18)19-20-12-8-6-11(7-9-12)10-4-2-1-3-5-10/h2*1-9H. The summed E-state index contributed by atoms with van der Waals surface area (Å²) in [5.74, 6) is 0. The van der Waals surface area contributed by atoms with Crippen LogP contribution >= 0.6 is 24.1 Å². The van der Waals surface area contributed by atoms with Crippen molar-refractivity contribution in [1.29, 1.82) is 0 Å². The Labute approximate surface area is 246 Å². The van der Waals surface area contributed by atoms with Gasteiger partial charge in [0.25, 0.3) is 0 Å². The molecule has 0 atom stereocenters. The second-order valence-corrected chi connectivity index (χ2v) is 13.0. The van der Waals surface area contributed by atoms with E-state index in [9.17, 15) is 43.2 Å². The van der Waals surface area contributed by atoms with Crippen molar-refractivity contribution in [3.63, 3.8) is 0 Å². The lowest BCUT2D eigenvalue weighted by Gasteiger charge is -2.07. The molecular formula is C26H18F6O6S4. The average Bonchev–Trinajstić information content (AvgIpc) is 2.96. The van der Waals surface area contributed by atoms with Crippen molar-refractivity contribution in [3.8, 4) is 22.3 Å². The van der Waals surface area contributed by atoms with Crippen LogP contribution in [0.25, 0.3) is 22.3 Å². The van der Waals surface area contributed by atoms with E-state index in [4.69, 9.17) is 0 Å². The lowest BCUT2D eigenvalue weighted by atomic mass is 10.1. The van der Waals surface area contributed by atoms with Gasteiger partial charge >= 0.3 is 31.3 Å². The van der Waals surface area contributed by atoms with E-state index in [-0.39, 0.29) is 33.9 Å². The Morgan fingerprint density at radius 3 is 0.952 bits per heavy atom. The van der Waals surface area contributed by atoms with Crippen LogP contribution in [0, 0.1) is 0 Å². The molecule has 0 amide bonds. The monoisotopic (exact) mass is 668 g/mol. The minimum atomic E-state index is -5.60. The molecule has 0 bridgehead atoms. The first-order valence-electron chi connectivity index (χ1n) is 11.2. The summed E-state index contributed by atoms with van der Waals surface area (Å²) in [6.07, 6.45) is 0. The van der Waals surface area contributed by atoms with E-state index < -0.39 is 31.3 Å². The number of hydrogen-bond donors (Lipinski definition) is 0. The molecule has 0 saturated heterocycles. The van der Waals surface area contributed by atoms with Crippen molar-refractivity contribution in [2.24, 2.45) is 0 Å². The highest BCUT2D eigenvalue weighted by Crippen LogP contribution is 2.33. The van der Waals surface area contributed by atoms with Crippen molar-refractivity contribution in [1.82, 2.24) is 0 Å². The first kappa shape index (κ1) is 33.5. The maximum atomic E-state index is 12.1. The number of halogens is 6. The van der Waals surface area contributed by atoms with Crippen molar-refractivity contribution >= 4 is 44.3 Å². The zero-order chi connectivity index (χ0) is 31.0. The predicted octanol–water partition coefficient (Wildman–Crippen LogP) is 8.45. The van der Waals surface area contributed by atoms with E-state index in [1.54, 1.807) is 24.3 Å². The molecule has 0 fully saturated rings.